The Morgan fingerprint density at radius 1 is 0.321 bits per heavy atom. The molecule has 0 spiro atoms. The van der Waals surface area contributed by atoms with Crippen LogP contribution in [0.1, 0.15) is 71.8 Å². The molecule has 4 unspecified atom stereocenters. The molecular weight excluding hydrogens is 1740 g/mol. The third-order valence-electron chi connectivity index (χ3n) is 17.1. The van der Waals surface area contributed by atoms with Crippen LogP contribution < -0.4 is 48.7 Å². The number of hydrogen-bond acceptors (Lipinski definition) is 36. The number of hydrazone groups is 2. The van der Waals surface area contributed by atoms with Crippen LogP contribution in [0.3, 0.4) is 0 Å². The zero-order chi connectivity index (χ0) is 93.8. The average molecular weight is 1820 g/mol. The number of nitrogens with zero attached hydrogens (tertiary/aromatic N) is 4. The second-order valence-corrected chi connectivity index (χ2v) is 28.5. The van der Waals surface area contributed by atoms with Gasteiger partial charge >= 0.3 is 71.6 Å². The number of thiazole rings is 2. The number of rotatable bonds is 49. The average Bonchev–Trinajstić information content (AvgIpc) is 1.33. The van der Waals surface area contributed by atoms with E-state index in [2.05, 4.69) is 83.7 Å². The SMILES string of the molecule is C=CC(=O)OCC(CCCCOc1ccc(C(=O)Oc2ccc(OC(=O)c3ccc(OCC(COC(=O)C=C)OC(=O)C=C)cc3)c(/C=N/Nc3nc4ccccc4s3)c2)cc1)OC(=O)C=C.C=CC(=O)OCC(COc1ccc(C(=O)Oc2ccc(OC(=O)c3ccc(OCC(COC(=O)C=C)OC(=O)C=C)cc3)c(/C=N/Nc3nc4ccccc4s3)c2)cc1)OC(=O)C=C. The summed E-state index contributed by atoms with van der Waals surface area (Å²) >= 11 is 2.76. The number of benzene rings is 8. The number of nitrogens with one attached hydrogen (secondary N) is 2. The quantitative estimate of drug-likeness (QED) is 0.00680. The Labute approximate surface area is 756 Å². The maximum atomic E-state index is 13.4. The molecule has 0 fully saturated rings. The van der Waals surface area contributed by atoms with Crippen molar-refractivity contribution in [1.82, 2.24) is 9.97 Å². The molecule has 2 heterocycles. The van der Waals surface area contributed by atoms with E-state index in [1.807, 2.05) is 48.5 Å². The van der Waals surface area contributed by atoms with Crippen LogP contribution >= 0.6 is 22.7 Å². The molecule has 674 valence electrons. The lowest BCUT2D eigenvalue weighted by Gasteiger charge is -2.17. The molecule has 34 nitrogen and oxygen atoms in total. The molecule has 131 heavy (non-hydrogen) atoms. The van der Waals surface area contributed by atoms with Crippen LogP contribution in [-0.2, 0) is 76.3 Å². The van der Waals surface area contributed by atoms with Gasteiger partial charge in [-0.1, -0.05) is 99.6 Å². The van der Waals surface area contributed by atoms with Crippen molar-refractivity contribution in [1.29, 1.82) is 0 Å². The molecule has 0 aliphatic carbocycles. The number of carbonyl (C=O) groups is 12. The van der Waals surface area contributed by atoms with Gasteiger partial charge in [-0.25, -0.2) is 67.5 Å². The third-order valence-corrected chi connectivity index (χ3v) is 19.0. The van der Waals surface area contributed by atoms with E-state index in [0.717, 1.165) is 69.0 Å². The molecule has 0 saturated carbocycles. The Balaban J connectivity index is 0.000000295. The van der Waals surface area contributed by atoms with E-state index in [4.69, 9.17) is 75.8 Å². The van der Waals surface area contributed by atoms with E-state index in [-0.39, 0.29) is 103 Å². The molecule has 10 rings (SSSR count). The second-order valence-electron chi connectivity index (χ2n) is 26.4. The summed E-state index contributed by atoms with van der Waals surface area (Å²) in [6.07, 6.45) is 8.67. The van der Waals surface area contributed by atoms with Gasteiger partial charge in [0.05, 0.1) is 61.7 Å². The van der Waals surface area contributed by atoms with E-state index >= 15 is 0 Å². The first-order valence-corrected chi connectivity index (χ1v) is 40.9. The Morgan fingerprint density at radius 2 is 0.611 bits per heavy atom. The zero-order valence-corrected chi connectivity index (χ0v) is 71.5. The van der Waals surface area contributed by atoms with Gasteiger partial charge in [0.1, 0.15) is 98.3 Å². The summed E-state index contributed by atoms with van der Waals surface area (Å²) in [5, 5.41) is 9.61. The Kier molecular flexibility index (Phi) is 38.6. The molecule has 0 bridgehead atoms. The van der Waals surface area contributed by atoms with Crippen LogP contribution in [0.15, 0.2) is 293 Å². The fourth-order valence-electron chi connectivity index (χ4n) is 10.7. The number of unbranched alkanes of at least 4 members (excludes halogenated alkanes) is 1. The number of aromatic nitrogens is 2. The Hall–Kier alpha value is -16.8. The normalized spacial score (nSPS) is 11.5. The highest BCUT2D eigenvalue weighted by Gasteiger charge is 2.24. The van der Waals surface area contributed by atoms with E-state index in [1.54, 1.807) is 24.3 Å². The fourth-order valence-corrected chi connectivity index (χ4v) is 12.3. The van der Waals surface area contributed by atoms with Gasteiger partial charge in [0, 0.05) is 59.7 Å². The van der Waals surface area contributed by atoms with Crippen molar-refractivity contribution >= 4 is 137 Å². The van der Waals surface area contributed by atoms with Crippen molar-refractivity contribution in [2.24, 2.45) is 10.2 Å². The highest BCUT2D eigenvalue weighted by atomic mass is 32.1. The summed E-state index contributed by atoms with van der Waals surface area (Å²) in [5.74, 6) is -6.68. The molecule has 2 N–H and O–H groups in total. The topological polar surface area (TPSA) is 427 Å². The minimum absolute atomic E-state index is 0.0683. The number of para-hydroxylation sites is 2. The molecule has 0 radical (unpaired) electrons. The lowest BCUT2D eigenvalue weighted by molar-refractivity contribution is -0.154. The number of ether oxygens (including phenoxy) is 16. The summed E-state index contributed by atoms with van der Waals surface area (Å²) in [7, 11) is 0. The smallest absolute Gasteiger partial charge is 0.343 e. The summed E-state index contributed by atoms with van der Waals surface area (Å²) in [6.45, 7) is 25.5. The van der Waals surface area contributed by atoms with Crippen molar-refractivity contribution in [3.63, 3.8) is 0 Å². The first-order chi connectivity index (χ1) is 63.4. The number of anilines is 2. The summed E-state index contributed by atoms with van der Waals surface area (Å²) in [5.41, 5.74) is 8.53. The maximum absolute atomic E-state index is 13.4. The van der Waals surface area contributed by atoms with Gasteiger partial charge in [0.2, 0.25) is 10.3 Å². The zero-order valence-electron chi connectivity index (χ0n) is 69.9. The van der Waals surface area contributed by atoms with E-state index < -0.39 is 96.0 Å². The van der Waals surface area contributed by atoms with Crippen LogP contribution in [0.5, 0.6) is 46.0 Å². The van der Waals surface area contributed by atoms with Crippen LogP contribution in [-0.4, -0.2) is 171 Å². The fraction of sp³-hybridized carbons (Fsp3) is 0.158. The molecule has 8 aromatic carbocycles. The maximum Gasteiger partial charge on any atom is 0.343 e. The van der Waals surface area contributed by atoms with Crippen LogP contribution in [0.4, 0.5) is 10.3 Å². The van der Waals surface area contributed by atoms with Crippen LogP contribution in [0.2, 0.25) is 0 Å². The minimum atomic E-state index is -0.961. The van der Waals surface area contributed by atoms with Crippen molar-refractivity contribution in [3.05, 3.63) is 317 Å². The largest absolute Gasteiger partial charge is 0.494 e. The lowest BCUT2D eigenvalue weighted by atomic mass is 10.1. The van der Waals surface area contributed by atoms with Crippen molar-refractivity contribution in [2.75, 3.05) is 63.7 Å². The molecule has 0 aliphatic heterocycles. The molecule has 0 aliphatic rings. The summed E-state index contributed by atoms with van der Waals surface area (Å²) in [6, 6.07) is 47.9. The number of esters is 12. The van der Waals surface area contributed by atoms with E-state index in [1.165, 1.54) is 144 Å². The molecule has 36 heteroatoms. The predicted octanol–water partition coefficient (Wildman–Crippen LogP) is 14.4. The first-order valence-electron chi connectivity index (χ1n) is 39.3. The van der Waals surface area contributed by atoms with Crippen molar-refractivity contribution in [2.45, 2.75) is 43.7 Å². The van der Waals surface area contributed by atoms with Gasteiger partial charge in [-0.15, -0.1) is 0 Å². The van der Waals surface area contributed by atoms with Gasteiger partial charge < -0.3 is 75.8 Å². The molecule has 4 atom stereocenters. The number of carbonyl (C=O) groups excluding carboxylic acids is 12. The monoisotopic (exact) mass is 1820 g/mol. The van der Waals surface area contributed by atoms with Crippen LogP contribution in [0, 0.1) is 0 Å². The number of hydrogen-bond donors (Lipinski definition) is 2. The molecule has 2 aromatic heterocycles. The van der Waals surface area contributed by atoms with Gasteiger partial charge in [-0.3, -0.25) is 10.9 Å². The molecule has 0 saturated heterocycles. The van der Waals surface area contributed by atoms with Crippen molar-refractivity contribution < 1.29 is 133 Å². The lowest BCUT2D eigenvalue weighted by Crippen LogP contribution is -2.30. The third kappa shape index (κ3) is 32.9. The molecule has 10 aromatic rings. The highest BCUT2D eigenvalue weighted by Crippen LogP contribution is 2.32. The Bertz CT molecular complexity index is 5800. The molecule has 0 amide bonds. The number of fused-ring (bicyclic) bond motifs is 2. The Morgan fingerprint density at radius 3 is 0.931 bits per heavy atom. The summed E-state index contributed by atoms with van der Waals surface area (Å²) in [4.78, 5) is 155. The predicted molar refractivity (Wildman–Crippen MR) is 481 cm³/mol. The molecular formula is C95H84N6O28S2. The van der Waals surface area contributed by atoms with Crippen LogP contribution in [0.25, 0.3) is 20.4 Å². The van der Waals surface area contributed by atoms with Crippen molar-refractivity contribution in [3.8, 4) is 46.0 Å². The van der Waals surface area contributed by atoms with Gasteiger partial charge in [0.25, 0.3) is 0 Å². The summed E-state index contributed by atoms with van der Waals surface area (Å²) < 4.78 is 88.4. The standard InChI is InChI=1S/C49H45N3O14S.C46H39N3O14S/c1-5-43(53)61-29-38(63-45(55)7-3)13-11-12-26-59-35-20-16-32(17-21-35)47(57)65-37-24-25-41(34(27-37)28-50-52-49-51-40-14-9-10-15-42(40)67-49)66-48(58)33-18-22-36(23-19-33)60-30-39(64-46(56)8-4)31-62-44(54)6-2;1-5-40(50)58-27-35(60-42(52)7-3)25-56-32-17-13-29(14-18-32)44(54)62-34-21-22-38(31(23-34)24-47-49-46-48-37-11-9-10-12-39(37)64-46)63-45(55)30-15-19-33(20-16-30)57-26-36(61-43(53)8-4)28-59-41(51)6-2/h5-10,14-25,27-28,38-39H,1-4,11-13,26,29-31H2,(H,51,52);5-24,35-36H,1-4,25-28H2,(H,48,49)/b50-28+;47-24+. The first kappa shape index (κ1) is 98.0. The van der Waals surface area contributed by atoms with E-state index in [9.17, 15) is 57.5 Å². The minimum Gasteiger partial charge on any atom is -0.494 e. The van der Waals surface area contributed by atoms with Gasteiger partial charge in [0.15, 0.2) is 18.3 Å². The van der Waals surface area contributed by atoms with Gasteiger partial charge in [-0.05, 0) is 177 Å². The van der Waals surface area contributed by atoms with E-state index in [0.29, 0.717) is 59.1 Å². The highest BCUT2D eigenvalue weighted by molar-refractivity contribution is 7.22. The van der Waals surface area contributed by atoms with Gasteiger partial charge in [-0.2, -0.15) is 10.2 Å². The second kappa shape index (κ2) is 51.6.